The van der Waals surface area contributed by atoms with Crippen LogP contribution in [0.2, 0.25) is 0 Å². The monoisotopic (exact) mass is 451 g/mol. The molecule has 3 N–H and O–H groups in total. The zero-order valence-corrected chi connectivity index (χ0v) is 18.2. The highest BCUT2D eigenvalue weighted by Gasteiger charge is 2.37. The van der Waals surface area contributed by atoms with E-state index in [4.69, 9.17) is 5.14 Å². The van der Waals surface area contributed by atoms with E-state index in [0.29, 0.717) is 19.4 Å². The van der Waals surface area contributed by atoms with E-state index in [1.807, 2.05) is 24.3 Å². The van der Waals surface area contributed by atoms with E-state index in [1.165, 1.54) is 16.4 Å². The van der Waals surface area contributed by atoms with Crippen LogP contribution in [0.4, 0.5) is 0 Å². The first kappa shape index (κ1) is 22.4. The van der Waals surface area contributed by atoms with Gasteiger partial charge in [-0.3, -0.25) is 4.79 Å². The number of carbonyl (C=O) groups excluding carboxylic acids is 1. The minimum absolute atomic E-state index is 0.0246. The van der Waals surface area contributed by atoms with Gasteiger partial charge in [-0.2, -0.15) is 4.31 Å². The Hall–Kier alpha value is -2.27. The van der Waals surface area contributed by atoms with Crippen LogP contribution in [0.1, 0.15) is 23.6 Å². The maximum absolute atomic E-state index is 12.8. The van der Waals surface area contributed by atoms with Crippen molar-refractivity contribution in [2.24, 2.45) is 5.14 Å². The summed E-state index contributed by atoms with van der Waals surface area (Å²) < 4.78 is 49.1. The van der Waals surface area contributed by atoms with Crippen LogP contribution >= 0.6 is 0 Å². The van der Waals surface area contributed by atoms with Gasteiger partial charge in [0.15, 0.2) is 0 Å². The lowest BCUT2D eigenvalue weighted by molar-refractivity contribution is -0.125. The molecule has 0 saturated carbocycles. The normalized spacial score (nSPS) is 17.3. The van der Waals surface area contributed by atoms with Gasteiger partial charge in [0.1, 0.15) is 6.04 Å². The van der Waals surface area contributed by atoms with Crippen molar-refractivity contribution in [1.82, 2.24) is 9.62 Å². The van der Waals surface area contributed by atoms with Gasteiger partial charge in [-0.25, -0.2) is 22.0 Å². The number of nitrogens with two attached hydrogens (primary N) is 1. The largest absolute Gasteiger partial charge is 0.354 e. The minimum Gasteiger partial charge on any atom is -0.354 e. The molecular formula is C20H25N3O5S2. The predicted octanol–water partition coefficient (Wildman–Crippen LogP) is 0.769. The Morgan fingerprint density at radius 2 is 1.70 bits per heavy atom. The van der Waals surface area contributed by atoms with Crippen molar-refractivity contribution in [3.05, 3.63) is 65.2 Å². The van der Waals surface area contributed by atoms with Crippen LogP contribution in [0.25, 0.3) is 0 Å². The molecule has 1 atom stereocenters. The van der Waals surface area contributed by atoms with E-state index in [2.05, 4.69) is 5.32 Å². The fourth-order valence-corrected chi connectivity index (χ4v) is 5.22. The molecule has 1 aliphatic rings. The maximum Gasteiger partial charge on any atom is 0.238 e. The number of fused-ring (bicyclic) bond motifs is 1. The molecule has 1 aliphatic heterocycles. The summed E-state index contributed by atoms with van der Waals surface area (Å²) in [6.07, 6.45) is 0.796. The topological polar surface area (TPSA) is 127 Å². The molecule has 2 aromatic carbocycles. The van der Waals surface area contributed by atoms with Gasteiger partial charge < -0.3 is 5.32 Å². The standard InChI is InChI=1S/C20H25N3O5S2/c1-2-29(25,26)23-14-17-6-4-3-5-16(17)13-19(23)20(24)22-12-11-15-7-9-18(10-8-15)30(21,27)28/h3-10,19H,2,11-14H2,1H3,(H,22,24)(H2,21,27,28)/t19-/m0/s1. The van der Waals surface area contributed by atoms with Gasteiger partial charge in [0, 0.05) is 13.1 Å². The molecule has 1 heterocycles. The zero-order valence-electron chi connectivity index (χ0n) is 16.6. The average Bonchev–Trinajstić information content (AvgIpc) is 2.72. The van der Waals surface area contributed by atoms with Gasteiger partial charge in [-0.15, -0.1) is 0 Å². The van der Waals surface area contributed by atoms with Crippen molar-refractivity contribution in [2.45, 2.75) is 37.2 Å². The van der Waals surface area contributed by atoms with Gasteiger partial charge in [0.2, 0.25) is 26.0 Å². The highest BCUT2D eigenvalue weighted by Crippen LogP contribution is 2.26. The van der Waals surface area contributed by atoms with E-state index >= 15 is 0 Å². The molecule has 0 unspecified atom stereocenters. The first-order valence-corrected chi connectivity index (χ1v) is 12.7. The SMILES string of the molecule is CCS(=O)(=O)N1Cc2ccccc2C[C@H]1C(=O)NCCc1ccc(S(N)(=O)=O)cc1. The third kappa shape index (κ3) is 5.07. The molecule has 8 nitrogen and oxygen atoms in total. The van der Waals surface area contributed by atoms with Crippen LogP contribution in [0.15, 0.2) is 53.4 Å². The molecule has 0 bridgehead atoms. The molecule has 3 rings (SSSR count). The first-order valence-electron chi connectivity index (χ1n) is 9.57. The van der Waals surface area contributed by atoms with Gasteiger partial charge >= 0.3 is 0 Å². The summed E-state index contributed by atoms with van der Waals surface area (Å²) in [6, 6.07) is 12.8. The van der Waals surface area contributed by atoms with Crippen molar-refractivity contribution in [3.8, 4) is 0 Å². The van der Waals surface area contributed by atoms with Crippen LogP contribution < -0.4 is 10.5 Å². The highest BCUT2D eigenvalue weighted by atomic mass is 32.2. The third-order valence-electron chi connectivity index (χ3n) is 5.19. The molecule has 1 amide bonds. The molecule has 0 aliphatic carbocycles. The van der Waals surface area contributed by atoms with Crippen LogP contribution in [-0.2, 0) is 44.2 Å². The number of hydrogen-bond donors (Lipinski definition) is 2. The number of carbonyl (C=O) groups is 1. The molecular weight excluding hydrogens is 426 g/mol. The van der Waals surface area contributed by atoms with Crippen molar-refractivity contribution >= 4 is 26.0 Å². The van der Waals surface area contributed by atoms with Gasteiger partial charge in [-0.05, 0) is 48.6 Å². The second-order valence-corrected chi connectivity index (χ2v) is 10.9. The number of sulfonamides is 2. The lowest BCUT2D eigenvalue weighted by Crippen LogP contribution is -2.53. The van der Waals surface area contributed by atoms with E-state index in [9.17, 15) is 21.6 Å². The molecule has 0 aromatic heterocycles. The van der Waals surface area contributed by atoms with Crippen molar-refractivity contribution < 1.29 is 21.6 Å². The van der Waals surface area contributed by atoms with Crippen LogP contribution in [0, 0.1) is 0 Å². The summed E-state index contributed by atoms with van der Waals surface area (Å²) in [5.41, 5.74) is 2.71. The summed E-state index contributed by atoms with van der Waals surface area (Å²) in [6.45, 7) is 2.04. The Labute approximate surface area is 177 Å². The Morgan fingerprint density at radius 1 is 1.07 bits per heavy atom. The van der Waals surface area contributed by atoms with Crippen LogP contribution in [0.3, 0.4) is 0 Å². The Kier molecular flexibility index (Phi) is 6.61. The maximum atomic E-state index is 12.8. The summed E-state index contributed by atoms with van der Waals surface area (Å²) >= 11 is 0. The quantitative estimate of drug-likeness (QED) is 0.643. The molecule has 0 saturated heterocycles. The van der Waals surface area contributed by atoms with E-state index in [1.54, 1.807) is 19.1 Å². The average molecular weight is 452 g/mol. The smallest absolute Gasteiger partial charge is 0.238 e. The van der Waals surface area contributed by atoms with E-state index in [0.717, 1.165) is 16.7 Å². The molecule has 0 radical (unpaired) electrons. The second-order valence-electron chi connectivity index (χ2n) is 7.16. The van der Waals surface area contributed by atoms with Crippen LogP contribution in [-0.4, -0.2) is 45.4 Å². The number of nitrogens with one attached hydrogen (secondary N) is 1. The second kappa shape index (κ2) is 8.84. The predicted molar refractivity (Wildman–Crippen MR) is 113 cm³/mol. The van der Waals surface area contributed by atoms with Gasteiger partial charge in [-0.1, -0.05) is 36.4 Å². The Morgan fingerprint density at radius 3 is 2.30 bits per heavy atom. The number of hydrogen-bond acceptors (Lipinski definition) is 5. The van der Waals surface area contributed by atoms with E-state index in [-0.39, 0.29) is 23.1 Å². The number of amides is 1. The van der Waals surface area contributed by atoms with Gasteiger partial charge in [0.05, 0.1) is 10.6 Å². The Balaban J connectivity index is 1.68. The zero-order chi connectivity index (χ0) is 21.9. The Bertz CT molecular complexity index is 1130. The lowest BCUT2D eigenvalue weighted by atomic mass is 9.95. The summed E-state index contributed by atoms with van der Waals surface area (Å²) in [5.74, 6) is -0.419. The molecule has 10 heteroatoms. The number of primary sulfonamides is 1. The highest BCUT2D eigenvalue weighted by molar-refractivity contribution is 7.89. The summed E-state index contributed by atoms with van der Waals surface area (Å²) in [4.78, 5) is 12.9. The molecule has 2 aromatic rings. The minimum atomic E-state index is -3.75. The molecule has 0 spiro atoms. The number of rotatable bonds is 7. The van der Waals surface area contributed by atoms with Crippen molar-refractivity contribution in [1.29, 1.82) is 0 Å². The van der Waals surface area contributed by atoms with E-state index < -0.39 is 26.1 Å². The number of benzene rings is 2. The fraction of sp³-hybridized carbons (Fsp3) is 0.350. The summed E-state index contributed by atoms with van der Waals surface area (Å²) in [7, 11) is -7.30. The molecule has 162 valence electrons. The third-order valence-corrected chi connectivity index (χ3v) is 7.95. The van der Waals surface area contributed by atoms with Crippen molar-refractivity contribution in [2.75, 3.05) is 12.3 Å². The molecule has 30 heavy (non-hydrogen) atoms. The van der Waals surface area contributed by atoms with Crippen LogP contribution in [0.5, 0.6) is 0 Å². The fourth-order valence-electron chi connectivity index (χ4n) is 3.47. The first-order chi connectivity index (χ1) is 14.1. The molecule has 0 fully saturated rings. The van der Waals surface area contributed by atoms with Crippen molar-refractivity contribution in [3.63, 3.8) is 0 Å². The summed E-state index contributed by atoms with van der Waals surface area (Å²) in [5, 5.41) is 7.90. The lowest BCUT2D eigenvalue weighted by Gasteiger charge is -2.34. The number of nitrogens with zero attached hydrogens (tertiary/aromatic N) is 1. The van der Waals surface area contributed by atoms with Gasteiger partial charge in [0.25, 0.3) is 0 Å².